The van der Waals surface area contributed by atoms with Gasteiger partial charge in [-0.05, 0) is 51.5 Å². The number of nitrogens with one attached hydrogen (secondary N) is 2. The van der Waals surface area contributed by atoms with Crippen molar-refractivity contribution >= 4 is 5.96 Å². The van der Waals surface area contributed by atoms with Gasteiger partial charge in [0.25, 0.3) is 0 Å². The average Bonchev–Trinajstić information content (AvgIpc) is 2.59. The Morgan fingerprint density at radius 3 is 2.21 bits per heavy atom. The lowest BCUT2D eigenvalue weighted by atomic mass is 9.80. The molecule has 5 heteroatoms. The Kier molecular flexibility index (Phi) is 7.82. The van der Waals surface area contributed by atoms with Crippen molar-refractivity contribution in [2.24, 2.45) is 16.8 Å². The summed E-state index contributed by atoms with van der Waals surface area (Å²) in [5.41, 5.74) is 0. The minimum Gasteiger partial charge on any atom is -0.355 e. The fraction of sp³-hybridized carbons (Fsp3) is 0.947. The third-order valence-corrected chi connectivity index (χ3v) is 6.01. The number of hydrogen-bond donors (Lipinski definition) is 2. The molecule has 1 unspecified atom stereocenters. The molecular weight excluding hydrogens is 298 g/mol. The molecule has 0 spiro atoms. The molecular formula is C19H39N5. The van der Waals surface area contributed by atoms with Gasteiger partial charge in [0, 0.05) is 51.9 Å². The third kappa shape index (κ3) is 5.92. The summed E-state index contributed by atoms with van der Waals surface area (Å²) in [6.07, 6.45) is 5.25. The van der Waals surface area contributed by atoms with E-state index < -0.39 is 0 Å². The molecule has 2 fully saturated rings. The van der Waals surface area contributed by atoms with E-state index in [1.54, 1.807) is 0 Å². The molecule has 0 aromatic heterocycles. The molecule has 140 valence electrons. The molecule has 24 heavy (non-hydrogen) atoms. The Balaban J connectivity index is 1.69. The predicted octanol–water partition coefficient (Wildman–Crippen LogP) is 2.00. The molecule has 1 atom stereocenters. The number of piperazine rings is 1. The molecule has 0 aromatic rings. The number of rotatable bonds is 5. The van der Waals surface area contributed by atoms with Gasteiger partial charge in [-0.2, -0.15) is 0 Å². The minimum absolute atomic E-state index is 0.550. The smallest absolute Gasteiger partial charge is 0.191 e. The van der Waals surface area contributed by atoms with Gasteiger partial charge in [-0.3, -0.25) is 9.89 Å². The zero-order chi connectivity index (χ0) is 17.5. The van der Waals surface area contributed by atoms with Crippen molar-refractivity contribution in [3.05, 3.63) is 0 Å². The second-order valence-corrected chi connectivity index (χ2v) is 8.14. The van der Waals surface area contributed by atoms with Gasteiger partial charge < -0.3 is 15.5 Å². The lowest BCUT2D eigenvalue weighted by Crippen LogP contribution is -2.53. The molecule has 1 saturated carbocycles. The average molecular weight is 338 g/mol. The van der Waals surface area contributed by atoms with Crippen LogP contribution in [0.5, 0.6) is 0 Å². The molecule has 1 aliphatic carbocycles. The van der Waals surface area contributed by atoms with Gasteiger partial charge in [0.1, 0.15) is 0 Å². The van der Waals surface area contributed by atoms with Gasteiger partial charge in [0.15, 0.2) is 5.96 Å². The Labute approximate surface area is 149 Å². The zero-order valence-corrected chi connectivity index (χ0v) is 16.5. The van der Waals surface area contributed by atoms with Crippen molar-refractivity contribution in [2.75, 3.05) is 46.8 Å². The largest absolute Gasteiger partial charge is 0.355 e. The Hall–Kier alpha value is -0.810. The molecule has 2 rings (SSSR count). The van der Waals surface area contributed by atoms with Crippen LogP contribution in [0.2, 0.25) is 0 Å². The number of hydrogen-bond acceptors (Lipinski definition) is 3. The lowest BCUT2D eigenvalue weighted by Gasteiger charge is -2.37. The van der Waals surface area contributed by atoms with E-state index >= 15 is 0 Å². The van der Waals surface area contributed by atoms with Crippen molar-refractivity contribution < 1.29 is 0 Å². The van der Waals surface area contributed by atoms with Crippen molar-refractivity contribution in [1.82, 2.24) is 20.4 Å². The highest BCUT2D eigenvalue weighted by Crippen LogP contribution is 2.29. The predicted molar refractivity (Wildman–Crippen MR) is 104 cm³/mol. The van der Waals surface area contributed by atoms with Crippen LogP contribution in [0.1, 0.15) is 46.5 Å². The molecule has 0 aromatic carbocycles. The molecule has 1 aliphatic heterocycles. The Morgan fingerprint density at radius 2 is 1.67 bits per heavy atom. The van der Waals surface area contributed by atoms with Gasteiger partial charge in [-0.25, -0.2) is 0 Å². The molecule has 2 N–H and O–H groups in total. The second-order valence-electron chi connectivity index (χ2n) is 8.14. The highest BCUT2D eigenvalue weighted by Gasteiger charge is 2.24. The van der Waals surface area contributed by atoms with Crippen LogP contribution in [0.4, 0.5) is 0 Å². The number of likely N-dealkylation sites (N-methyl/N-ethyl adjacent to an activating group) is 1. The molecule has 0 radical (unpaired) electrons. The monoisotopic (exact) mass is 337 g/mol. The van der Waals surface area contributed by atoms with E-state index in [9.17, 15) is 0 Å². The zero-order valence-electron chi connectivity index (χ0n) is 16.5. The normalized spacial score (nSPS) is 28.8. The molecule has 5 nitrogen and oxygen atoms in total. The van der Waals surface area contributed by atoms with E-state index in [0.717, 1.165) is 24.3 Å². The van der Waals surface area contributed by atoms with E-state index in [0.29, 0.717) is 12.1 Å². The van der Waals surface area contributed by atoms with Gasteiger partial charge in [-0.15, -0.1) is 0 Å². The van der Waals surface area contributed by atoms with Crippen molar-refractivity contribution in [2.45, 2.75) is 58.5 Å². The highest BCUT2D eigenvalue weighted by atomic mass is 15.3. The van der Waals surface area contributed by atoms with Crippen molar-refractivity contribution in [3.63, 3.8) is 0 Å². The number of guanidine groups is 1. The maximum absolute atomic E-state index is 4.43. The van der Waals surface area contributed by atoms with E-state index in [4.69, 9.17) is 0 Å². The fourth-order valence-corrected chi connectivity index (χ4v) is 3.95. The van der Waals surface area contributed by atoms with Crippen LogP contribution in [-0.2, 0) is 0 Å². The summed E-state index contributed by atoms with van der Waals surface area (Å²) >= 11 is 0. The standard InChI is InChI=1S/C19H39N5/c1-15(2)17-6-8-18(9-7-17)22-19(20-4)21-14-16(3)24-12-10-23(5)11-13-24/h15-18H,6-14H2,1-5H3,(H2,20,21,22). The summed E-state index contributed by atoms with van der Waals surface area (Å²) in [4.78, 5) is 9.42. The Bertz CT molecular complexity index is 379. The van der Waals surface area contributed by atoms with Crippen LogP contribution >= 0.6 is 0 Å². The summed E-state index contributed by atoms with van der Waals surface area (Å²) < 4.78 is 0. The van der Waals surface area contributed by atoms with E-state index in [-0.39, 0.29) is 0 Å². The first-order valence-electron chi connectivity index (χ1n) is 9.89. The van der Waals surface area contributed by atoms with E-state index in [1.165, 1.54) is 51.9 Å². The van der Waals surface area contributed by atoms with Gasteiger partial charge >= 0.3 is 0 Å². The molecule has 1 heterocycles. The van der Waals surface area contributed by atoms with Crippen molar-refractivity contribution in [1.29, 1.82) is 0 Å². The second kappa shape index (κ2) is 9.62. The summed E-state index contributed by atoms with van der Waals surface area (Å²) in [5.74, 6) is 2.71. The van der Waals surface area contributed by atoms with Crippen LogP contribution in [0.3, 0.4) is 0 Å². The van der Waals surface area contributed by atoms with Crippen LogP contribution in [-0.4, -0.2) is 74.7 Å². The molecule has 1 saturated heterocycles. The number of aliphatic imine (C=N–C) groups is 1. The van der Waals surface area contributed by atoms with Crippen molar-refractivity contribution in [3.8, 4) is 0 Å². The summed E-state index contributed by atoms with van der Waals surface area (Å²) in [6, 6.07) is 1.14. The number of nitrogens with zero attached hydrogens (tertiary/aromatic N) is 3. The summed E-state index contributed by atoms with van der Waals surface area (Å²) in [5, 5.41) is 7.19. The van der Waals surface area contributed by atoms with Crippen LogP contribution in [0, 0.1) is 11.8 Å². The van der Waals surface area contributed by atoms with Gasteiger partial charge in [0.05, 0.1) is 0 Å². The van der Waals surface area contributed by atoms with Crippen LogP contribution in [0.25, 0.3) is 0 Å². The SMILES string of the molecule is CN=C(NCC(C)N1CCN(C)CC1)NC1CCC(C(C)C)CC1. The van der Waals surface area contributed by atoms with E-state index in [2.05, 4.69) is 53.2 Å². The first kappa shape index (κ1) is 19.5. The minimum atomic E-state index is 0.550. The maximum atomic E-state index is 4.43. The summed E-state index contributed by atoms with van der Waals surface area (Å²) in [6.45, 7) is 12.7. The fourth-order valence-electron chi connectivity index (χ4n) is 3.95. The molecule has 2 aliphatic rings. The lowest BCUT2D eigenvalue weighted by molar-refractivity contribution is 0.120. The third-order valence-electron chi connectivity index (χ3n) is 6.01. The first-order chi connectivity index (χ1) is 11.5. The van der Waals surface area contributed by atoms with Crippen LogP contribution in [0.15, 0.2) is 4.99 Å². The van der Waals surface area contributed by atoms with E-state index in [1.807, 2.05) is 7.05 Å². The van der Waals surface area contributed by atoms with Crippen LogP contribution < -0.4 is 10.6 Å². The van der Waals surface area contributed by atoms with Gasteiger partial charge in [-0.1, -0.05) is 13.8 Å². The maximum Gasteiger partial charge on any atom is 0.191 e. The first-order valence-corrected chi connectivity index (χ1v) is 9.89. The quantitative estimate of drug-likeness (QED) is 0.595. The molecule has 0 bridgehead atoms. The van der Waals surface area contributed by atoms with Gasteiger partial charge in [0.2, 0.25) is 0 Å². The highest BCUT2D eigenvalue weighted by molar-refractivity contribution is 5.80. The summed E-state index contributed by atoms with van der Waals surface area (Å²) in [7, 11) is 4.09. The molecule has 0 amide bonds. The Morgan fingerprint density at radius 1 is 1.04 bits per heavy atom. The topological polar surface area (TPSA) is 42.9 Å².